The molecular weight excluding hydrogens is 496 g/mol. The second-order valence-corrected chi connectivity index (χ2v) is 10.4. The number of piperazine rings is 1. The van der Waals surface area contributed by atoms with Gasteiger partial charge in [-0.3, -0.25) is 9.59 Å². The van der Waals surface area contributed by atoms with Crippen LogP contribution in [0, 0.1) is 5.92 Å². The van der Waals surface area contributed by atoms with Crippen LogP contribution in [0.2, 0.25) is 5.02 Å². The molecule has 0 bridgehead atoms. The summed E-state index contributed by atoms with van der Waals surface area (Å²) >= 11 is 7.57. The van der Waals surface area contributed by atoms with Crippen LogP contribution in [0.1, 0.15) is 36.1 Å². The van der Waals surface area contributed by atoms with E-state index in [1.54, 1.807) is 24.3 Å². The molecule has 0 saturated carbocycles. The van der Waals surface area contributed by atoms with Gasteiger partial charge in [-0.25, -0.2) is 0 Å². The van der Waals surface area contributed by atoms with Gasteiger partial charge >= 0.3 is 0 Å². The van der Waals surface area contributed by atoms with Crippen molar-refractivity contribution in [2.24, 2.45) is 13.0 Å². The number of nitrogens with one attached hydrogen (secondary N) is 1. The Morgan fingerprint density at radius 2 is 1.67 bits per heavy atom. The lowest BCUT2D eigenvalue weighted by atomic mass is 10.0. The van der Waals surface area contributed by atoms with Gasteiger partial charge in [-0.1, -0.05) is 67.5 Å². The number of aromatic nitrogens is 3. The van der Waals surface area contributed by atoms with E-state index >= 15 is 0 Å². The molecule has 190 valence electrons. The molecule has 2 heterocycles. The van der Waals surface area contributed by atoms with Crippen molar-refractivity contribution in [2.45, 2.75) is 25.0 Å². The molecule has 2 amide bonds. The second kappa shape index (κ2) is 11.8. The molecule has 1 N–H and O–H groups in total. The standard InChI is InChI=1S/C26H31ClN6O2S/c1-18(2)23(28-25(35)20-11-7-8-12-21(20)27)24-29-30-26(31(24)3)36-17-22(34)33-15-13-32(14-16-33)19-9-5-4-6-10-19/h4-12,18,23H,13-17H2,1-3H3,(H,28,35)/t23-/m1/s1. The van der Waals surface area contributed by atoms with Crippen molar-refractivity contribution in [3.05, 3.63) is 71.0 Å². The molecule has 1 atom stereocenters. The fourth-order valence-corrected chi connectivity index (χ4v) is 5.23. The van der Waals surface area contributed by atoms with Gasteiger partial charge in [0, 0.05) is 38.9 Å². The largest absolute Gasteiger partial charge is 0.368 e. The zero-order valence-electron chi connectivity index (χ0n) is 20.7. The zero-order chi connectivity index (χ0) is 25.7. The minimum Gasteiger partial charge on any atom is -0.368 e. The summed E-state index contributed by atoms with van der Waals surface area (Å²) in [6.45, 7) is 7.05. The highest BCUT2D eigenvalue weighted by molar-refractivity contribution is 7.99. The number of hydrogen-bond donors (Lipinski definition) is 1. The normalized spacial score (nSPS) is 14.7. The summed E-state index contributed by atoms with van der Waals surface area (Å²) in [7, 11) is 1.86. The number of anilines is 1. The second-order valence-electron chi connectivity index (χ2n) is 9.07. The van der Waals surface area contributed by atoms with E-state index in [1.165, 1.54) is 17.4 Å². The van der Waals surface area contributed by atoms with E-state index in [0.717, 1.165) is 13.1 Å². The third-order valence-corrected chi connectivity index (χ3v) is 7.63. The monoisotopic (exact) mass is 526 g/mol. The van der Waals surface area contributed by atoms with E-state index in [1.807, 2.05) is 48.6 Å². The molecule has 10 heteroatoms. The highest BCUT2D eigenvalue weighted by Gasteiger charge is 2.27. The van der Waals surface area contributed by atoms with Crippen LogP contribution in [-0.4, -0.2) is 63.4 Å². The molecular formula is C26H31ClN6O2S. The van der Waals surface area contributed by atoms with Gasteiger partial charge in [0.25, 0.3) is 5.91 Å². The lowest BCUT2D eigenvalue weighted by molar-refractivity contribution is -0.128. The van der Waals surface area contributed by atoms with Gasteiger partial charge in [0.1, 0.15) is 0 Å². The summed E-state index contributed by atoms with van der Waals surface area (Å²) in [6, 6.07) is 16.9. The van der Waals surface area contributed by atoms with Crippen molar-refractivity contribution in [1.82, 2.24) is 25.0 Å². The Bertz CT molecular complexity index is 1190. The maximum absolute atomic E-state index is 12.9. The summed E-state index contributed by atoms with van der Waals surface area (Å²) in [5.41, 5.74) is 1.60. The quantitative estimate of drug-likeness (QED) is 0.446. The molecule has 0 aliphatic carbocycles. The molecule has 1 fully saturated rings. The van der Waals surface area contributed by atoms with Gasteiger partial charge in [-0.2, -0.15) is 0 Å². The number of nitrogens with zero attached hydrogens (tertiary/aromatic N) is 5. The minimum atomic E-state index is -0.359. The van der Waals surface area contributed by atoms with Crippen LogP contribution in [0.15, 0.2) is 59.8 Å². The molecule has 3 aromatic rings. The van der Waals surface area contributed by atoms with E-state index < -0.39 is 0 Å². The molecule has 1 saturated heterocycles. The Kier molecular flexibility index (Phi) is 8.53. The summed E-state index contributed by atoms with van der Waals surface area (Å²) in [5, 5.41) is 12.7. The highest BCUT2D eigenvalue weighted by atomic mass is 35.5. The Balaban J connectivity index is 1.35. The summed E-state index contributed by atoms with van der Waals surface area (Å²) in [5.74, 6) is 0.818. The number of thioether (sulfide) groups is 1. The predicted molar refractivity (Wildman–Crippen MR) is 143 cm³/mol. The summed E-state index contributed by atoms with van der Waals surface area (Å²) in [6.07, 6.45) is 0. The first-order valence-electron chi connectivity index (χ1n) is 12.0. The Morgan fingerprint density at radius 1 is 1.00 bits per heavy atom. The van der Waals surface area contributed by atoms with Crippen molar-refractivity contribution in [2.75, 3.05) is 36.8 Å². The van der Waals surface area contributed by atoms with E-state index in [9.17, 15) is 9.59 Å². The number of amides is 2. The van der Waals surface area contributed by atoms with Crippen LogP contribution >= 0.6 is 23.4 Å². The topological polar surface area (TPSA) is 83.4 Å². The molecule has 36 heavy (non-hydrogen) atoms. The fourth-order valence-electron chi connectivity index (χ4n) is 4.19. The van der Waals surface area contributed by atoms with Gasteiger partial charge < -0.3 is 19.7 Å². The van der Waals surface area contributed by atoms with E-state index in [2.05, 4.69) is 32.5 Å². The first-order valence-corrected chi connectivity index (χ1v) is 13.4. The highest BCUT2D eigenvalue weighted by Crippen LogP contribution is 2.26. The van der Waals surface area contributed by atoms with Gasteiger partial charge in [0.2, 0.25) is 5.91 Å². The number of carbonyl (C=O) groups is 2. The third-order valence-electron chi connectivity index (χ3n) is 6.30. The SMILES string of the molecule is CC(C)[C@@H](NC(=O)c1ccccc1Cl)c1nnc(SCC(=O)N2CCN(c3ccccc3)CC2)n1C. The maximum atomic E-state index is 12.9. The first kappa shape index (κ1) is 26.0. The van der Waals surface area contributed by atoms with Crippen LogP contribution in [0.4, 0.5) is 5.69 Å². The van der Waals surface area contributed by atoms with Gasteiger partial charge in [0.15, 0.2) is 11.0 Å². The van der Waals surface area contributed by atoms with Crippen LogP contribution < -0.4 is 10.2 Å². The van der Waals surface area contributed by atoms with E-state index in [4.69, 9.17) is 11.6 Å². The molecule has 0 unspecified atom stereocenters. The molecule has 1 aliphatic heterocycles. The molecule has 0 spiro atoms. The smallest absolute Gasteiger partial charge is 0.253 e. The molecule has 1 aromatic heterocycles. The third kappa shape index (κ3) is 6.02. The number of carbonyl (C=O) groups excluding carboxylic acids is 2. The van der Waals surface area contributed by atoms with Crippen LogP contribution in [0.5, 0.6) is 0 Å². The molecule has 0 radical (unpaired) electrons. The summed E-state index contributed by atoms with van der Waals surface area (Å²) in [4.78, 5) is 29.9. The number of para-hydroxylation sites is 1. The van der Waals surface area contributed by atoms with Crippen molar-refractivity contribution < 1.29 is 9.59 Å². The van der Waals surface area contributed by atoms with Crippen molar-refractivity contribution in [3.8, 4) is 0 Å². The van der Waals surface area contributed by atoms with Crippen LogP contribution in [0.3, 0.4) is 0 Å². The van der Waals surface area contributed by atoms with Gasteiger partial charge in [0.05, 0.1) is 22.4 Å². The molecule has 4 rings (SSSR count). The number of hydrogen-bond acceptors (Lipinski definition) is 6. The molecule has 2 aromatic carbocycles. The van der Waals surface area contributed by atoms with Gasteiger partial charge in [-0.15, -0.1) is 10.2 Å². The van der Waals surface area contributed by atoms with Gasteiger partial charge in [-0.05, 0) is 30.2 Å². The summed E-state index contributed by atoms with van der Waals surface area (Å²) < 4.78 is 1.85. The average molecular weight is 527 g/mol. The lowest BCUT2D eigenvalue weighted by Gasteiger charge is -2.36. The Hall–Kier alpha value is -3.04. The number of benzene rings is 2. The van der Waals surface area contributed by atoms with Crippen molar-refractivity contribution >= 4 is 40.9 Å². The van der Waals surface area contributed by atoms with Crippen molar-refractivity contribution in [3.63, 3.8) is 0 Å². The number of rotatable bonds is 8. The Morgan fingerprint density at radius 3 is 2.33 bits per heavy atom. The zero-order valence-corrected chi connectivity index (χ0v) is 22.3. The van der Waals surface area contributed by atoms with E-state index in [0.29, 0.717) is 34.7 Å². The lowest BCUT2D eigenvalue weighted by Crippen LogP contribution is -2.49. The first-order chi connectivity index (χ1) is 17.3. The molecule has 1 aliphatic rings. The minimum absolute atomic E-state index is 0.0692. The van der Waals surface area contributed by atoms with E-state index in [-0.39, 0.29) is 29.5 Å². The Labute approximate surface area is 221 Å². The average Bonchev–Trinajstić information content (AvgIpc) is 3.26. The molecule has 8 nitrogen and oxygen atoms in total. The maximum Gasteiger partial charge on any atom is 0.253 e. The fraction of sp³-hybridized carbons (Fsp3) is 0.385. The van der Waals surface area contributed by atoms with Crippen molar-refractivity contribution in [1.29, 1.82) is 0 Å². The predicted octanol–water partition coefficient (Wildman–Crippen LogP) is 4.04. The van der Waals surface area contributed by atoms with Crippen LogP contribution in [-0.2, 0) is 11.8 Å². The number of halogens is 1. The van der Waals surface area contributed by atoms with Crippen LogP contribution in [0.25, 0.3) is 0 Å².